The molecule has 4 aliphatic rings. The molecule has 4 aromatic rings. The van der Waals surface area contributed by atoms with Crippen LogP contribution >= 0.6 is 23.2 Å². The van der Waals surface area contributed by atoms with Crippen molar-refractivity contribution >= 4 is 40.9 Å². The van der Waals surface area contributed by atoms with E-state index in [2.05, 4.69) is 15.5 Å². The van der Waals surface area contributed by atoms with Crippen LogP contribution in [0.1, 0.15) is 59.7 Å². The molecule has 0 spiro atoms. The molecule has 2 bridgehead atoms. The van der Waals surface area contributed by atoms with Crippen molar-refractivity contribution in [2.45, 2.75) is 62.8 Å². The molecule has 2 saturated carbocycles. The Morgan fingerprint density at radius 3 is 2.43 bits per heavy atom. The lowest BCUT2D eigenvalue weighted by atomic mass is 9.78. The predicted molar refractivity (Wildman–Crippen MR) is 172 cm³/mol. The summed E-state index contributed by atoms with van der Waals surface area (Å²) in [5.41, 5.74) is 4.38. The van der Waals surface area contributed by atoms with E-state index in [-0.39, 0.29) is 24.2 Å². The van der Waals surface area contributed by atoms with Gasteiger partial charge in [0.1, 0.15) is 11.5 Å². The molecule has 2 aromatic carbocycles. The number of anilines is 1. The average molecular weight is 664 g/mol. The first-order valence-electron chi connectivity index (χ1n) is 15.2. The van der Waals surface area contributed by atoms with Gasteiger partial charge >= 0.3 is 12.0 Å². The number of esters is 1. The van der Waals surface area contributed by atoms with E-state index in [4.69, 9.17) is 41.9 Å². The standard InChI is InChI=1S/C34H32Cl2N4O6/c1-43-29-11-8-19(16-37-29)25-12-20(9-10-24(25)33(41)44-2)38-34(42)40-21-13-22(40)15-23(14-21)45-17-26-31(39-46-32(26)18-6-7-18)30-27(35)4-3-5-28(30)36/h3-5,8-12,16,18,21-23H,6-7,13-15,17H2,1-2H3,(H,38,42). The highest BCUT2D eigenvalue weighted by atomic mass is 35.5. The van der Waals surface area contributed by atoms with Gasteiger partial charge in [-0.3, -0.25) is 0 Å². The lowest BCUT2D eigenvalue weighted by Crippen LogP contribution is -2.65. The third kappa shape index (κ3) is 5.81. The van der Waals surface area contributed by atoms with E-state index < -0.39 is 5.97 Å². The third-order valence-corrected chi connectivity index (χ3v) is 9.63. The fourth-order valence-corrected chi connectivity index (χ4v) is 7.11. The first-order valence-corrected chi connectivity index (χ1v) is 16.0. The fourth-order valence-electron chi connectivity index (χ4n) is 6.54. The summed E-state index contributed by atoms with van der Waals surface area (Å²) >= 11 is 13.0. The van der Waals surface area contributed by atoms with Gasteiger partial charge in [0.2, 0.25) is 5.88 Å². The van der Waals surface area contributed by atoms with Gasteiger partial charge in [-0.1, -0.05) is 34.4 Å². The van der Waals surface area contributed by atoms with Crippen molar-refractivity contribution in [1.29, 1.82) is 0 Å². The summed E-state index contributed by atoms with van der Waals surface area (Å²) in [6, 6.07) is 13.9. The number of hydrogen-bond donors (Lipinski definition) is 1. The maximum absolute atomic E-state index is 13.5. The van der Waals surface area contributed by atoms with Gasteiger partial charge in [-0.25, -0.2) is 14.6 Å². The Morgan fingerprint density at radius 2 is 1.78 bits per heavy atom. The van der Waals surface area contributed by atoms with E-state index in [9.17, 15) is 9.59 Å². The second-order valence-corrected chi connectivity index (χ2v) is 12.7. The Hall–Kier alpha value is -4.12. The molecule has 10 nitrogen and oxygen atoms in total. The molecule has 1 N–H and O–H groups in total. The van der Waals surface area contributed by atoms with Gasteiger partial charge in [-0.2, -0.15) is 0 Å². The van der Waals surface area contributed by atoms with Gasteiger partial charge in [0, 0.05) is 52.6 Å². The summed E-state index contributed by atoms with van der Waals surface area (Å²) in [6.45, 7) is 0.331. The highest BCUT2D eigenvalue weighted by Crippen LogP contribution is 2.47. The number of carbonyl (C=O) groups excluding carboxylic acids is 2. The van der Waals surface area contributed by atoms with E-state index in [1.165, 1.54) is 14.2 Å². The molecular formula is C34H32Cl2N4O6. The molecule has 46 heavy (non-hydrogen) atoms. The molecular weight excluding hydrogens is 631 g/mol. The molecule has 2 aliphatic carbocycles. The minimum atomic E-state index is -0.482. The van der Waals surface area contributed by atoms with Gasteiger partial charge in [-0.15, -0.1) is 0 Å². The Bertz CT molecular complexity index is 1760. The Morgan fingerprint density at radius 1 is 1.02 bits per heavy atom. The average Bonchev–Trinajstić information content (AvgIpc) is 3.83. The number of nitrogens with zero attached hydrogens (tertiary/aromatic N) is 3. The number of nitrogens with one attached hydrogen (secondary N) is 1. The smallest absolute Gasteiger partial charge is 0.338 e. The Labute approximate surface area is 275 Å². The van der Waals surface area contributed by atoms with Crippen LogP contribution in [0, 0.1) is 0 Å². The zero-order chi connectivity index (χ0) is 31.9. The van der Waals surface area contributed by atoms with Crippen molar-refractivity contribution in [3.63, 3.8) is 0 Å². The number of pyridine rings is 1. The van der Waals surface area contributed by atoms with Gasteiger partial charge in [0.05, 0.1) is 42.5 Å². The number of piperidine rings is 1. The summed E-state index contributed by atoms with van der Waals surface area (Å²) in [6.07, 6.45) is 6.08. The van der Waals surface area contributed by atoms with Gasteiger partial charge in [-0.05, 0) is 74.1 Å². The maximum atomic E-state index is 13.5. The fraction of sp³-hybridized carbons (Fsp3) is 0.353. The minimum Gasteiger partial charge on any atom is -0.481 e. The van der Waals surface area contributed by atoms with Crippen LogP contribution in [0.4, 0.5) is 10.5 Å². The molecule has 2 atom stereocenters. The molecule has 2 amide bonds. The van der Waals surface area contributed by atoms with Crippen molar-refractivity contribution < 1.29 is 28.3 Å². The quantitative estimate of drug-likeness (QED) is 0.181. The van der Waals surface area contributed by atoms with Crippen molar-refractivity contribution in [3.05, 3.63) is 81.7 Å². The number of benzene rings is 2. The molecule has 238 valence electrons. The first-order chi connectivity index (χ1) is 22.3. The Kier molecular flexibility index (Phi) is 8.35. The lowest BCUT2D eigenvalue weighted by Gasteiger charge is -2.54. The molecule has 8 rings (SSSR count). The number of halogens is 2. The van der Waals surface area contributed by atoms with Crippen LogP contribution in [-0.4, -0.2) is 59.4 Å². The van der Waals surface area contributed by atoms with E-state index in [1.54, 1.807) is 54.7 Å². The van der Waals surface area contributed by atoms with Crippen molar-refractivity contribution in [3.8, 4) is 28.3 Å². The molecule has 2 aliphatic heterocycles. The maximum Gasteiger partial charge on any atom is 0.338 e. The van der Waals surface area contributed by atoms with Crippen LogP contribution in [-0.2, 0) is 16.1 Å². The number of ether oxygens (including phenoxy) is 3. The van der Waals surface area contributed by atoms with Crippen LogP contribution in [0.5, 0.6) is 5.88 Å². The van der Waals surface area contributed by atoms with Crippen LogP contribution < -0.4 is 10.1 Å². The van der Waals surface area contributed by atoms with Crippen molar-refractivity contribution in [1.82, 2.24) is 15.0 Å². The lowest BCUT2D eigenvalue weighted by molar-refractivity contribution is -0.0837. The number of rotatable bonds is 9. The zero-order valence-electron chi connectivity index (χ0n) is 25.3. The Balaban J connectivity index is 1.02. The largest absolute Gasteiger partial charge is 0.481 e. The van der Waals surface area contributed by atoms with Gasteiger partial charge in [0.25, 0.3) is 0 Å². The summed E-state index contributed by atoms with van der Waals surface area (Å²) in [5, 5.41) is 8.41. The molecule has 0 radical (unpaired) electrons. The second kappa shape index (κ2) is 12.6. The van der Waals surface area contributed by atoms with Crippen LogP contribution in [0.15, 0.2) is 59.3 Å². The second-order valence-electron chi connectivity index (χ2n) is 11.9. The van der Waals surface area contributed by atoms with E-state index in [0.717, 1.165) is 43.4 Å². The predicted octanol–water partition coefficient (Wildman–Crippen LogP) is 7.74. The number of amides is 2. The molecule has 4 fully saturated rings. The van der Waals surface area contributed by atoms with Crippen molar-refractivity contribution in [2.75, 3.05) is 19.5 Å². The van der Waals surface area contributed by atoms with Crippen LogP contribution in [0.25, 0.3) is 22.4 Å². The topological polar surface area (TPSA) is 116 Å². The molecule has 4 heterocycles. The number of fused-ring (bicyclic) bond motifs is 2. The van der Waals surface area contributed by atoms with Gasteiger partial charge in [0.15, 0.2) is 0 Å². The highest BCUT2D eigenvalue weighted by Gasteiger charge is 2.48. The number of aromatic nitrogens is 2. The first kappa shape index (κ1) is 30.5. The third-order valence-electron chi connectivity index (χ3n) is 9.00. The van der Waals surface area contributed by atoms with E-state index in [1.807, 2.05) is 4.90 Å². The monoisotopic (exact) mass is 662 g/mol. The summed E-state index contributed by atoms with van der Waals surface area (Å²) < 4.78 is 22.4. The summed E-state index contributed by atoms with van der Waals surface area (Å²) in [4.78, 5) is 32.1. The normalized spacial score (nSPS) is 20.2. The van der Waals surface area contributed by atoms with Crippen LogP contribution in [0.2, 0.25) is 10.0 Å². The number of hydrogen-bond acceptors (Lipinski definition) is 8. The molecule has 2 unspecified atom stereocenters. The number of methoxy groups -OCH3 is 2. The number of urea groups is 1. The molecule has 2 saturated heterocycles. The van der Waals surface area contributed by atoms with E-state index >= 15 is 0 Å². The van der Waals surface area contributed by atoms with Gasteiger partial charge < -0.3 is 29.0 Å². The SMILES string of the molecule is COC(=O)c1ccc(NC(=O)N2C3CC(OCc4c(-c5c(Cl)cccc5Cl)noc4C4CC4)CC2C3)cc1-c1ccc(OC)nc1. The number of carbonyl (C=O) groups is 2. The highest BCUT2D eigenvalue weighted by molar-refractivity contribution is 6.39. The van der Waals surface area contributed by atoms with Crippen LogP contribution in [0.3, 0.4) is 0 Å². The summed E-state index contributed by atoms with van der Waals surface area (Å²) in [5.74, 6) is 1.15. The van der Waals surface area contributed by atoms with Crippen molar-refractivity contribution in [2.24, 2.45) is 0 Å². The zero-order valence-corrected chi connectivity index (χ0v) is 26.8. The summed E-state index contributed by atoms with van der Waals surface area (Å²) in [7, 11) is 2.87. The molecule has 12 heteroatoms. The van der Waals surface area contributed by atoms with E-state index in [0.29, 0.717) is 62.1 Å². The minimum absolute atomic E-state index is 0.0159. The molecule has 2 aromatic heterocycles.